The minimum absolute atomic E-state index is 0.318. The van der Waals surface area contributed by atoms with Crippen LogP contribution >= 0.6 is 0 Å². The Kier molecular flexibility index (Phi) is 5.28. The van der Waals surface area contributed by atoms with Gasteiger partial charge in [-0.15, -0.1) is 0 Å². The molecule has 1 aromatic rings. The molecule has 0 heterocycles. The van der Waals surface area contributed by atoms with E-state index in [1.165, 1.54) is 0 Å². The fourth-order valence-electron chi connectivity index (χ4n) is 1.48. The molecule has 0 saturated heterocycles. The lowest BCUT2D eigenvalue weighted by atomic mass is 10.1. The maximum atomic E-state index is 13.4. The van der Waals surface area contributed by atoms with Gasteiger partial charge in [-0.25, -0.2) is 18.0 Å². The molecule has 2 amide bonds. The molecule has 9 heteroatoms. The second-order valence-corrected chi connectivity index (χ2v) is 4.09. The average Bonchev–Trinajstić information content (AvgIpc) is 2.40. The van der Waals surface area contributed by atoms with Crippen molar-refractivity contribution in [3.63, 3.8) is 0 Å². The predicted octanol–water partition coefficient (Wildman–Crippen LogP) is 0.552. The zero-order chi connectivity index (χ0) is 16.2. The van der Waals surface area contributed by atoms with Crippen molar-refractivity contribution in [2.45, 2.75) is 18.9 Å². The highest BCUT2D eigenvalue weighted by Crippen LogP contribution is 2.15. The lowest BCUT2D eigenvalue weighted by Gasteiger charge is -2.14. The number of hydrogen-bond donors (Lipinski definition) is 3. The molecule has 0 aliphatic rings. The fourth-order valence-corrected chi connectivity index (χ4v) is 1.48. The summed E-state index contributed by atoms with van der Waals surface area (Å²) in [6, 6.07) is -0.305. The van der Waals surface area contributed by atoms with E-state index in [-0.39, 0.29) is 12.8 Å². The molecular weight excluding hydrogens is 293 g/mol. The third-order valence-corrected chi connectivity index (χ3v) is 2.56. The molecule has 1 rings (SSSR count). The number of halogens is 3. The Labute approximate surface area is 116 Å². The van der Waals surface area contributed by atoms with E-state index >= 15 is 0 Å². The number of hydrogen-bond acceptors (Lipinski definition) is 3. The van der Waals surface area contributed by atoms with Crippen molar-refractivity contribution in [3.8, 4) is 0 Å². The van der Waals surface area contributed by atoms with E-state index in [1.54, 1.807) is 0 Å². The molecule has 0 fully saturated rings. The third kappa shape index (κ3) is 4.20. The van der Waals surface area contributed by atoms with Gasteiger partial charge in [0.2, 0.25) is 5.91 Å². The van der Waals surface area contributed by atoms with Gasteiger partial charge in [-0.1, -0.05) is 0 Å². The van der Waals surface area contributed by atoms with Crippen molar-refractivity contribution in [2.75, 3.05) is 0 Å². The zero-order valence-corrected chi connectivity index (χ0v) is 10.5. The van der Waals surface area contributed by atoms with Crippen molar-refractivity contribution >= 4 is 17.8 Å². The SMILES string of the molecule is NC(=O)CCC(NC(=O)c1ccc(F)c(F)c1F)C(=O)O. The van der Waals surface area contributed by atoms with E-state index in [2.05, 4.69) is 0 Å². The predicted molar refractivity (Wildman–Crippen MR) is 63.6 cm³/mol. The zero-order valence-electron chi connectivity index (χ0n) is 10.5. The number of primary amides is 1. The summed E-state index contributed by atoms with van der Waals surface area (Å²) in [6.45, 7) is 0. The van der Waals surface area contributed by atoms with Crippen molar-refractivity contribution in [3.05, 3.63) is 35.1 Å². The number of carbonyl (C=O) groups is 3. The van der Waals surface area contributed by atoms with Crippen molar-refractivity contribution < 1.29 is 32.7 Å². The fraction of sp³-hybridized carbons (Fsp3) is 0.250. The molecule has 114 valence electrons. The summed E-state index contributed by atoms with van der Waals surface area (Å²) in [5.41, 5.74) is 4.00. The van der Waals surface area contributed by atoms with Gasteiger partial charge in [0.1, 0.15) is 6.04 Å². The average molecular weight is 304 g/mol. The summed E-state index contributed by atoms with van der Waals surface area (Å²) in [5, 5.41) is 10.8. The second kappa shape index (κ2) is 6.73. The van der Waals surface area contributed by atoms with Crippen molar-refractivity contribution in [2.24, 2.45) is 5.73 Å². The van der Waals surface area contributed by atoms with E-state index in [0.717, 1.165) is 0 Å². The van der Waals surface area contributed by atoms with Crippen LogP contribution in [0.5, 0.6) is 0 Å². The first-order valence-electron chi connectivity index (χ1n) is 5.69. The number of aliphatic carboxylic acids is 1. The molecule has 4 N–H and O–H groups in total. The maximum Gasteiger partial charge on any atom is 0.326 e. The van der Waals surface area contributed by atoms with Crippen LogP contribution in [0.2, 0.25) is 0 Å². The minimum atomic E-state index is -1.84. The van der Waals surface area contributed by atoms with E-state index in [4.69, 9.17) is 10.8 Å². The number of carboxylic acid groups (broad SMARTS) is 1. The Morgan fingerprint density at radius 3 is 2.33 bits per heavy atom. The Hall–Kier alpha value is -2.58. The van der Waals surface area contributed by atoms with Gasteiger partial charge in [-0.3, -0.25) is 9.59 Å². The molecule has 1 aromatic carbocycles. The molecule has 0 aliphatic heterocycles. The highest BCUT2D eigenvalue weighted by atomic mass is 19.2. The number of amides is 2. The third-order valence-electron chi connectivity index (χ3n) is 2.56. The first-order valence-corrected chi connectivity index (χ1v) is 5.69. The number of rotatable bonds is 6. The molecule has 0 spiro atoms. The van der Waals surface area contributed by atoms with Crippen molar-refractivity contribution in [1.82, 2.24) is 5.32 Å². The summed E-state index contributed by atoms with van der Waals surface area (Å²) < 4.78 is 39.1. The number of benzene rings is 1. The van der Waals surface area contributed by atoms with Gasteiger partial charge < -0.3 is 16.2 Å². The Morgan fingerprint density at radius 1 is 1.19 bits per heavy atom. The largest absolute Gasteiger partial charge is 0.480 e. The number of nitrogens with one attached hydrogen (secondary N) is 1. The highest BCUT2D eigenvalue weighted by molar-refractivity contribution is 5.96. The first-order chi connectivity index (χ1) is 9.73. The number of carboxylic acids is 1. The van der Waals surface area contributed by atoms with Gasteiger partial charge in [0.25, 0.3) is 5.91 Å². The van der Waals surface area contributed by atoms with Gasteiger partial charge in [0.15, 0.2) is 17.5 Å². The van der Waals surface area contributed by atoms with Gasteiger partial charge in [-0.05, 0) is 18.6 Å². The van der Waals surface area contributed by atoms with Gasteiger partial charge in [0, 0.05) is 6.42 Å². The second-order valence-electron chi connectivity index (χ2n) is 4.09. The Morgan fingerprint density at radius 2 is 1.81 bits per heavy atom. The summed E-state index contributed by atoms with van der Waals surface area (Å²) >= 11 is 0. The van der Waals surface area contributed by atoms with Gasteiger partial charge >= 0.3 is 5.97 Å². The van der Waals surface area contributed by atoms with Crippen LogP contribution in [0.1, 0.15) is 23.2 Å². The van der Waals surface area contributed by atoms with Crippen LogP contribution < -0.4 is 11.1 Å². The molecule has 0 radical (unpaired) electrons. The van der Waals surface area contributed by atoms with Crippen LogP contribution in [-0.2, 0) is 9.59 Å². The molecule has 1 atom stereocenters. The highest BCUT2D eigenvalue weighted by Gasteiger charge is 2.24. The quantitative estimate of drug-likeness (QED) is 0.667. The van der Waals surface area contributed by atoms with E-state index in [1.807, 2.05) is 5.32 Å². The standard InChI is InChI=1S/C12H11F3N2O4/c13-6-2-1-5(9(14)10(6)15)11(19)17-7(12(20)21)3-4-8(16)18/h1-2,7H,3-4H2,(H2,16,18)(H,17,19)(H,20,21). The van der Waals surface area contributed by atoms with Crippen LogP contribution in [0.25, 0.3) is 0 Å². The molecule has 6 nitrogen and oxygen atoms in total. The molecule has 0 saturated carbocycles. The topological polar surface area (TPSA) is 109 Å². The number of nitrogens with two attached hydrogens (primary N) is 1. The molecule has 0 aliphatic carbocycles. The lowest BCUT2D eigenvalue weighted by molar-refractivity contribution is -0.139. The Bertz CT molecular complexity index is 592. The van der Waals surface area contributed by atoms with Gasteiger partial charge in [0.05, 0.1) is 5.56 Å². The molecular formula is C12H11F3N2O4. The van der Waals surface area contributed by atoms with E-state index in [0.29, 0.717) is 12.1 Å². The van der Waals surface area contributed by atoms with E-state index in [9.17, 15) is 27.6 Å². The number of carbonyl (C=O) groups excluding carboxylic acids is 2. The summed E-state index contributed by atoms with van der Waals surface area (Å²) in [6.07, 6.45) is -0.640. The minimum Gasteiger partial charge on any atom is -0.480 e. The van der Waals surface area contributed by atoms with Crippen LogP contribution in [0, 0.1) is 17.5 Å². The first kappa shape index (κ1) is 16.5. The van der Waals surface area contributed by atoms with Crippen molar-refractivity contribution in [1.29, 1.82) is 0 Å². The van der Waals surface area contributed by atoms with Crippen LogP contribution in [0.4, 0.5) is 13.2 Å². The van der Waals surface area contributed by atoms with Crippen LogP contribution in [0.3, 0.4) is 0 Å². The summed E-state index contributed by atoms with van der Waals surface area (Å²) in [7, 11) is 0. The normalized spacial score (nSPS) is 11.8. The molecule has 1 unspecified atom stereocenters. The smallest absolute Gasteiger partial charge is 0.326 e. The van der Waals surface area contributed by atoms with Crippen LogP contribution in [0.15, 0.2) is 12.1 Å². The molecule has 0 aromatic heterocycles. The lowest BCUT2D eigenvalue weighted by Crippen LogP contribution is -2.41. The van der Waals surface area contributed by atoms with Gasteiger partial charge in [-0.2, -0.15) is 0 Å². The Balaban J connectivity index is 2.90. The molecule has 21 heavy (non-hydrogen) atoms. The summed E-state index contributed by atoms with van der Waals surface area (Å²) in [5.74, 6) is -8.56. The molecule has 0 bridgehead atoms. The monoisotopic (exact) mass is 304 g/mol. The van der Waals surface area contributed by atoms with E-state index < -0.39 is 46.8 Å². The maximum absolute atomic E-state index is 13.4. The summed E-state index contributed by atoms with van der Waals surface area (Å²) in [4.78, 5) is 33.1. The van der Waals surface area contributed by atoms with Crippen LogP contribution in [-0.4, -0.2) is 28.9 Å².